The van der Waals surface area contributed by atoms with Crippen LogP contribution in [0.2, 0.25) is 0 Å². The number of aryl methyl sites for hydroxylation is 3. The largest absolute Gasteiger partial charge is 0.403 e. The van der Waals surface area contributed by atoms with Crippen LogP contribution >= 0.6 is 0 Å². The number of carbonyl (C=O) groups is 1. The van der Waals surface area contributed by atoms with Gasteiger partial charge >= 0.3 is 6.01 Å². The highest BCUT2D eigenvalue weighted by atomic mass is 16.4. The number of benzene rings is 2. The first-order chi connectivity index (χ1) is 11.5. The van der Waals surface area contributed by atoms with Gasteiger partial charge in [-0.05, 0) is 38.5 Å². The van der Waals surface area contributed by atoms with Crippen LogP contribution in [0.25, 0.3) is 11.5 Å². The minimum Gasteiger partial charge on any atom is -0.403 e. The summed E-state index contributed by atoms with van der Waals surface area (Å²) in [5.74, 6) is 0.212. The highest BCUT2D eigenvalue weighted by Crippen LogP contribution is 2.22. The molecule has 1 heterocycles. The molecule has 1 aromatic heterocycles. The average Bonchev–Trinajstić information content (AvgIpc) is 2.94. The summed E-state index contributed by atoms with van der Waals surface area (Å²) < 4.78 is 5.56. The average molecular weight is 321 g/mol. The highest BCUT2D eigenvalue weighted by Gasteiger charge is 2.12. The molecule has 0 aliphatic rings. The summed E-state index contributed by atoms with van der Waals surface area (Å²) in [5, 5.41) is 10.6. The van der Waals surface area contributed by atoms with Crippen molar-refractivity contribution in [2.24, 2.45) is 0 Å². The van der Waals surface area contributed by atoms with Gasteiger partial charge in [0.05, 0.1) is 6.42 Å². The van der Waals surface area contributed by atoms with Crippen molar-refractivity contribution in [2.75, 3.05) is 5.32 Å². The van der Waals surface area contributed by atoms with Gasteiger partial charge in [0.2, 0.25) is 11.8 Å². The normalized spacial score (nSPS) is 10.6. The smallest absolute Gasteiger partial charge is 0.322 e. The zero-order valence-corrected chi connectivity index (χ0v) is 14.0. The van der Waals surface area contributed by atoms with Gasteiger partial charge in [0.1, 0.15) is 0 Å². The second kappa shape index (κ2) is 6.66. The minimum absolute atomic E-state index is 0.113. The molecule has 0 saturated heterocycles. The van der Waals surface area contributed by atoms with Gasteiger partial charge in [0, 0.05) is 5.56 Å². The van der Waals surface area contributed by atoms with E-state index in [0.29, 0.717) is 5.89 Å². The van der Waals surface area contributed by atoms with Gasteiger partial charge in [0.15, 0.2) is 0 Å². The van der Waals surface area contributed by atoms with Crippen molar-refractivity contribution < 1.29 is 9.21 Å². The first kappa shape index (κ1) is 15.9. The lowest BCUT2D eigenvalue weighted by molar-refractivity contribution is -0.115. The maximum atomic E-state index is 12.1. The van der Waals surface area contributed by atoms with Crippen LogP contribution in [0.1, 0.15) is 22.3 Å². The fourth-order valence-electron chi connectivity index (χ4n) is 2.66. The van der Waals surface area contributed by atoms with E-state index in [0.717, 1.165) is 27.8 Å². The molecular weight excluding hydrogens is 302 g/mol. The van der Waals surface area contributed by atoms with Crippen LogP contribution in [0.3, 0.4) is 0 Å². The number of nitrogens with zero attached hydrogens (tertiary/aromatic N) is 2. The Hall–Kier alpha value is -2.95. The molecule has 3 rings (SSSR count). The predicted octanol–water partition coefficient (Wildman–Crippen LogP) is 3.84. The lowest BCUT2D eigenvalue weighted by Crippen LogP contribution is -2.14. The molecule has 122 valence electrons. The SMILES string of the molecule is Cc1cccc(CC(=O)Nc2nnc(-c3cc(C)cc(C)c3)o2)c1. The van der Waals surface area contributed by atoms with E-state index in [1.165, 1.54) is 0 Å². The highest BCUT2D eigenvalue weighted by molar-refractivity contribution is 5.90. The standard InChI is InChI=1S/C19H19N3O2/c1-12-5-4-6-15(8-12)11-17(23)20-19-22-21-18(24-19)16-9-13(2)7-14(3)10-16/h4-10H,11H2,1-3H3,(H,20,22,23). The number of nitrogens with one attached hydrogen (secondary N) is 1. The molecule has 0 aliphatic carbocycles. The Bertz CT molecular complexity index is 864. The van der Waals surface area contributed by atoms with E-state index in [9.17, 15) is 4.79 Å². The number of hydrogen-bond acceptors (Lipinski definition) is 4. The molecule has 0 aliphatic heterocycles. The number of aromatic nitrogens is 2. The monoisotopic (exact) mass is 321 g/mol. The quantitative estimate of drug-likeness (QED) is 0.792. The van der Waals surface area contributed by atoms with E-state index in [-0.39, 0.29) is 18.3 Å². The zero-order chi connectivity index (χ0) is 17.1. The Morgan fingerprint density at radius 3 is 2.46 bits per heavy atom. The molecule has 5 nitrogen and oxygen atoms in total. The van der Waals surface area contributed by atoms with Crippen LogP contribution in [0.15, 0.2) is 46.9 Å². The molecular formula is C19H19N3O2. The van der Waals surface area contributed by atoms with Crippen LogP contribution in [0, 0.1) is 20.8 Å². The minimum atomic E-state index is -0.184. The molecule has 0 saturated carbocycles. The van der Waals surface area contributed by atoms with Crippen molar-refractivity contribution in [1.29, 1.82) is 0 Å². The third-order valence-corrected chi connectivity index (χ3v) is 3.59. The van der Waals surface area contributed by atoms with E-state index in [2.05, 4.69) is 21.6 Å². The Labute approximate surface area is 140 Å². The van der Waals surface area contributed by atoms with Crippen molar-refractivity contribution in [1.82, 2.24) is 10.2 Å². The summed E-state index contributed by atoms with van der Waals surface area (Å²) in [4.78, 5) is 12.1. The second-order valence-electron chi connectivity index (χ2n) is 6.00. The molecule has 24 heavy (non-hydrogen) atoms. The number of carbonyl (C=O) groups excluding carboxylic acids is 1. The second-order valence-corrected chi connectivity index (χ2v) is 6.00. The number of amides is 1. The lowest BCUT2D eigenvalue weighted by Gasteiger charge is -2.02. The number of rotatable bonds is 4. The molecule has 0 fully saturated rings. The van der Waals surface area contributed by atoms with E-state index in [1.54, 1.807) is 0 Å². The van der Waals surface area contributed by atoms with Gasteiger partial charge in [-0.25, -0.2) is 0 Å². The van der Waals surface area contributed by atoms with E-state index in [1.807, 2.05) is 57.2 Å². The van der Waals surface area contributed by atoms with Crippen LogP contribution in [-0.2, 0) is 11.2 Å². The zero-order valence-electron chi connectivity index (χ0n) is 14.0. The fourth-order valence-corrected chi connectivity index (χ4v) is 2.66. The summed E-state index contributed by atoms with van der Waals surface area (Å²) in [5.41, 5.74) is 5.15. The first-order valence-electron chi connectivity index (χ1n) is 7.77. The Kier molecular flexibility index (Phi) is 4.42. The van der Waals surface area contributed by atoms with Gasteiger partial charge in [-0.1, -0.05) is 52.1 Å². The topological polar surface area (TPSA) is 68.0 Å². The third kappa shape index (κ3) is 3.87. The molecule has 2 aromatic carbocycles. The summed E-state index contributed by atoms with van der Waals surface area (Å²) >= 11 is 0. The number of anilines is 1. The van der Waals surface area contributed by atoms with Crippen LogP contribution in [0.5, 0.6) is 0 Å². The molecule has 0 unspecified atom stereocenters. The Morgan fingerprint density at radius 2 is 1.75 bits per heavy atom. The van der Waals surface area contributed by atoms with Crippen molar-refractivity contribution in [3.05, 3.63) is 64.7 Å². The molecule has 0 radical (unpaired) electrons. The van der Waals surface area contributed by atoms with Crippen LogP contribution < -0.4 is 5.32 Å². The predicted molar refractivity (Wildman–Crippen MR) is 92.7 cm³/mol. The Balaban J connectivity index is 1.70. The van der Waals surface area contributed by atoms with Crippen molar-refractivity contribution >= 4 is 11.9 Å². The maximum absolute atomic E-state index is 12.1. The summed E-state index contributed by atoms with van der Waals surface area (Å²) in [6.07, 6.45) is 0.267. The van der Waals surface area contributed by atoms with Gasteiger partial charge in [-0.3, -0.25) is 10.1 Å². The fraction of sp³-hybridized carbons (Fsp3) is 0.211. The first-order valence-corrected chi connectivity index (χ1v) is 7.77. The molecule has 0 spiro atoms. The van der Waals surface area contributed by atoms with Gasteiger partial charge in [-0.15, -0.1) is 5.10 Å². The molecule has 1 N–H and O–H groups in total. The van der Waals surface area contributed by atoms with Crippen LogP contribution in [0.4, 0.5) is 6.01 Å². The molecule has 1 amide bonds. The third-order valence-electron chi connectivity index (χ3n) is 3.59. The Morgan fingerprint density at radius 1 is 1.00 bits per heavy atom. The summed E-state index contributed by atoms with van der Waals surface area (Å²) in [6.45, 7) is 6.02. The van der Waals surface area contributed by atoms with Crippen molar-refractivity contribution in [3.8, 4) is 11.5 Å². The molecule has 0 atom stereocenters. The lowest BCUT2D eigenvalue weighted by atomic mass is 10.1. The maximum Gasteiger partial charge on any atom is 0.322 e. The van der Waals surface area contributed by atoms with E-state index in [4.69, 9.17) is 4.42 Å². The molecule has 3 aromatic rings. The molecule has 0 bridgehead atoms. The van der Waals surface area contributed by atoms with Crippen molar-refractivity contribution in [3.63, 3.8) is 0 Å². The summed E-state index contributed by atoms with van der Waals surface area (Å²) in [7, 11) is 0. The van der Waals surface area contributed by atoms with E-state index >= 15 is 0 Å². The van der Waals surface area contributed by atoms with Gasteiger partial charge < -0.3 is 4.42 Å². The van der Waals surface area contributed by atoms with Gasteiger partial charge in [-0.2, -0.15) is 0 Å². The molecule has 5 heteroatoms. The van der Waals surface area contributed by atoms with Gasteiger partial charge in [0.25, 0.3) is 0 Å². The number of hydrogen-bond donors (Lipinski definition) is 1. The van der Waals surface area contributed by atoms with Crippen LogP contribution in [-0.4, -0.2) is 16.1 Å². The van der Waals surface area contributed by atoms with E-state index < -0.39 is 0 Å². The van der Waals surface area contributed by atoms with Crippen molar-refractivity contribution in [2.45, 2.75) is 27.2 Å². The summed E-state index contributed by atoms with van der Waals surface area (Å²) in [6, 6.07) is 14.0.